The van der Waals surface area contributed by atoms with Crippen LogP contribution in [0.15, 0.2) is 0 Å². The van der Waals surface area contributed by atoms with Gasteiger partial charge in [-0.3, -0.25) is 4.79 Å². The quantitative estimate of drug-likeness (QED) is 0.696. The molecule has 1 heterocycles. The maximum atomic E-state index is 11.6. The molecule has 0 aliphatic carbocycles. The molecule has 0 saturated carbocycles. The highest BCUT2D eigenvalue weighted by Gasteiger charge is 2.20. The van der Waals surface area contributed by atoms with E-state index < -0.39 is 0 Å². The third-order valence-electron chi connectivity index (χ3n) is 2.66. The number of terminal acetylenes is 1. The Kier molecular flexibility index (Phi) is 5.20. The number of rotatable bonds is 5. The molecule has 0 spiro atoms. The zero-order valence-electron chi connectivity index (χ0n) is 9.29. The molecule has 3 heteroatoms. The van der Waals surface area contributed by atoms with Gasteiger partial charge >= 0.3 is 0 Å². The van der Waals surface area contributed by atoms with Gasteiger partial charge in [0.05, 0.1) is 12.5 Å². The van der Waals surface area contributed by atoms with Crippen molar-refractivity contribution < 1.29 is 9.53 Å². The number of ether oxygens (including phenoxy) is 1. The van der Waals surface area contributed by atoms with Gasteiger partial charge in [0, 0.05) is 19.1 Å². The molecule has 15 heavy (non-hydrogen) atoms. The fourth-order valence-corrected chi connectivity index (χ4v) is 1.74. The number of carbonyl (C=O) groups excluding carboxylic acids is 1. The van der Waals surface area contributed by atoms with Crippen molar-refractivity contribution in [2.45, 2.75) is 51.2 Å². The number of hydrogen-bond donors (Lipinski definition) is 1. The lowest BCUT2D eigenvalue weighted by Crippen LogP contribution is -2.35. The summed E-state index contributed by atoms with van der Waals surface area (Å²) in [5.74, 6) is 2.63. The summed E-state index contributed by atoms with van der Waals surface area (Å²) >= 11 is 0. The standard InChI is InChI=1S/C12H19NO2/c1-3-6-10(4-2)13-12(14)9-11-7-5-8-15-11/h1,10-11H,4-9H2,2H3,(H,13,14). The molecule has 1 aliphatic heterocycles. The summed E-state index contributed by atoms with van der Waals surface area (Å²) in [7, 11) is 0. The predicted molar refractivity (Wildman–Crippen MR) is 59.3 cm³/mol. The van der Waals surface area contributed by atoms with Crippen molar-refractivity contribution in [3.8, 4) is 12.3 Å². The third kappa shape index (κ3) is 4.35. The smallest absolute Gasteiger partial charge is 0.222 e. The van der Waals surface area contributed by atoms with E-state index in [0.717, 1.165) is 25.9 Å². The summed E-state index contributed by atoms with van der Waals surface area (Å²) in [6, 6.07) is 0.115. The second-order valence-corrected chi connectivity index (χ2v) is 3.92. The Labute approximate surface area is 91.6 Å². The van der Waals surface area contributed by atoms with Crippen LogP contribution in [-0.2, 0) is 9.53 Å². The van der Waals surface area contributed by atoms with E-state index in [0.29, 0.717) is 12.8 Å². The molecule has 0 aromatic heterocycles. The minimum Gasteiger partial charge on any atom is -0.378 e. The molecule has 0 radical (unpaired) electrons. The first kappa shape index (κ1) is 12.1. The zero-order valence-corrected chi connectivity index (χ0v) is 9.29. The van der Waals surface area contributed by atoms with Crippen molar-refractivity contribution in [2.75, 3.05) is 6.61 Å². The third-order valence-corrected chi connectivity index (χ3v) is 2.66. The van der Waals surface area contributed by atoms with E-state index in [1.165, 1.54) is 0 Å². The summed E-state index contributed by atoms with van der Waals surface area (Å²) in [5.41, 5.74) is 0. The second kappa shape index (κ2) is 6.47. The van der Waals surface area contributed by atoms with Gasteiger partial charge < -0.3 is 10.1 Å². The van der Waals surface area contributed by atoms with E-state index in [2.05, 4.69) is 11.2 Å². The van der Waals surface area contributed by atoms with E-state index >= 15 is 0 Å². The molecular weight excluding hydrogens is 190 g/mol. The Balaban J connectivity index is 2.24. The summed E-state index contributed by atoms with van der Waals surface area (Å²) in [6.45, 7) is 2.81. The molecule has 1 fully saturated rings. The van der Waals surface area contributed by atoms with Gasteiger partial charge in [-0.2, -0.15) is 0 Å². The maximum absolute atomic E-state index is 11.6. The van der Waals surface area contributed by atoms with Crippen LogP contribution in [0.5, 0.6) is 0 Å². The lowest BCUT2D eigenvalue weighted by Gasteiger charge is -2.15. The number of nitrogens with one attached hydrogen (secondary N) is 1. The topological polar surface area (TPSA) is 38.3 Å². The van der Waals surface area contributed by atoms with Crippen molar-refractivity contribution in [1.29, 1.82) is 0 Å². The predicted octanol–water partition coefficient (Wildman–Crippen LogP) is 1.47. The van der Waals surface area contributed by atoms with Crippen LogP contribution in [0.3, 0.4) is 0 Å². The first-order chi connectivity index (χ1) is 7.26. The highest BCUT2D eigenvalue weighted by Crippen LogP contribution is 2.15. The Bertz CT molecular complexity index is 238. The Morgan fingerprint density at radius 1 is 1.73 bits per heavy atom. The first-order valence-electron chi connectivity index (χ1n) is 5.60. The SMILES string of the molecule is C#CCC(CC)NC(=O)CC1CCCO1. The highest BCUT2D eigenvalue weighted by atomic mass is 16.5. The molecule has 0 aromatic rings. The molecule has 1 aliphatic rings. The molecule has 3 nitrogen and oxygen atoms in total. The molecule has 0 aromatic carbocycles. The molecule has 2 unspecified atom stereocenters. The summed E-state index contributed by atoms with van der Waals surface area (Å²) in [6.07, 6.45) is 9.36. The average molecular weight is 209 g/mol. The van der Waals surface area contributed by atoms with Crippen LogP contribution in [0.25, 0.3) is 0 Å². The maximum Gasteiger partial charge on any atom is 0.222 e. The minimum absolute atomic E-state index is 0.0593. The summed E-state index contributed by atoms with van der Waals surface area (Å²) in [4.78, 5) is 11.6. The van der Waals surface area contributed by atoms with Gasteiger partial charge in [0.25, 0.3) is 0 Å². The Hall–Kier alpha value is -1.01. The molecule has 1 saturated heterocycles. The second-order valence-electron chi connectivity index (χ2n) is 3.92. The van der Waals surface area contributed by atoms with Crippen LogP contribution in [0.4, 0.5) is 0 Å². The van der Waals surface area contributed by atoms with Crippen LogP contribution in [0.2, 0.25) is 0 Å². The molecule has 1 amide bonds. The number of carbonyl (C=O) groups is 1. The van der Waals surface area contributed by atoms with Crippen LogP contribution in [0.1, 0.15) is 39.0 Å². The molecule has 1 N–H and O–H groups in total. The lowest BCUT2D eigenvalue weighted by atomic mass is 10.1. The molecule has 0 bridgehead atoms. The van der Waals surface area contributed by atoms with E-state index in [1.54, 1.807) is 0 Å². The van der Waals surface area contributed by atoms with Crippen LogP contribution >= 0.6 is 0 Å². The molecule has 84 valence electrons. The van der Waals surface area contributed by atoms with E-state index in [4.69, 9.17) is 11.2 Å². The van der Waals surface area contributed by atoms with Gasteiger partial charge in [-0.25, -0.2) is 0 Å². The van der Waals surface area contributed by atoms with Gasteiger partial charge in [-0.1, -0.05) is 6.92 Å². The Morgan fingerprint density at radius 3 is 3.07 bits per heavy atom. The van der Waals surface area contributed by atoms with E-state index in [1.807, 2.05) is 6.92 Å². The van der Waals surface area contributed by atoms with Crippen LogP contribution in [-0.4, -0.2) is 24.7 Å². The zero-order chi connectivity index (χ0) is 11.1. The fraction of sp³-hybridized carbons (Fsp3) is 0.750. The number of amides is 1. The molecule has 2 atom stereocenters. The van der Waals surface area contributed by atoms with Crippen molar-refractivity contribution >= 4 is 5.91 Å². The van der Waals surface area contributed by atoms with Crippen molar-refractivity contribution in [3.05, 3.63) is 0 Å². The van der Waals surface area contributed by atoms with Gasteiger partial charge in [0.15, 0.2) is 0 Å². The average Bonchev–Trinajstić information content (AvgIpc) is 2.69. The summed E-state index contributed by atoms with van der Waals surface area (Å²) < 4.78 is 5.40. The fourth-order valence-electron chi connectivity index (χ4n) is 1.74. The van der Waals surface area contributed by atoms with Crippen LogP contribution in [0, 0.1) is 12.3 Å². The van der Waals surface area contributed by atoms with Crippen molar-refractivity contribution in [3.63, 3.8) is 0 Å². The minimum atomic E-state index is 0.0593. The van der Waals surface area contributed by atoms with Gasteiger partial charge in [-0.05, 0) is 19.3 Å². The highest BCUT2D eigenvalue weighted by molar-refractivity contribution is 5.76. The normalized spacial score (nSPS) is 22.0. The molecule has 1 rings (SSSR count). The Morgan fingerprint density at radius 2 is 2.53 bits per heavy atom. The van der Waals surface area contributed by atoms with Gasteiger partial charge in [-0.15, -0.1) is 12.3 Å². The molecular formula is C12H19NO2. The lowest BCUT2D eigenvalue weighted by molar-refractivity contribution is -0.123. The van der Waals surface area contributed by atoms with Gasteiger partial charge in [0.1, 0.15) is 0 Å². The van der Waals surface area contributed by atoms with Gasteiger partial charge in [0.2, 0.25) is 5.91 Å². The first-order valence-corrected chi connectivity index (χ1v) is 5.60. The van der Waals surface area contributed by atoms with Crippen LogP contribution < -0.4 is 5.32 Å². The monoisotopic (exact) mass is 209 g/mol. The van der Waals surface area contributed by atoms with Crippen molar-refractivity contribution in [2.24, 2.45) is 0 Å². The largest absolute Gasteiger partial charge is 0.378 e. The van der Waals surface area contributed by atoms with E-state index in [-0.39, 0.29) is 18.1 Å². The van der Waals surface area contributed by atoms with Crippen molar-refractivity contribution in [1.82, 2.24) is 5.32 Å². The van der Waals surface area contributed by atoms with E-state index in [9.17, 15) is 4.79 Å². The number of hydrogen-bond acceptors (Lipinski definition) is 2. The summed E-state index contributed by atoms with van der Waals surface area (Å²) in [5, 5.41) is 2.93.